The van der Waals surface area contributed by atoms with Crippen molar-refractivity contribution in [2.24, 2.45) is 5.92 Å². The van der Waals surface area contributed by atoms with E-state index >= 15 is 0 Å². The van der Waals surface area contributed by atoms with Crippen LogP contribution >= 0.6 is 0 Å². The van der Waals surface area contributed by atoms with E-state index < -0.39 is 5.97 Å². The van der Waals surface area contributed by atoms with Gasteiger partial charge in [-0.05, 0) is 47.1 Å². The lowest BCUT2D eigenvalue weighted by Crippen LogP contribution is -2.57. The van der Waals surface area contributed by atoms with Gasteiger partial charge >= 0.3 is 5.97 Å². The fourth-order valence-electron chi connectivity index (χ4n) is 2.66. The van der Waals surface area contributed by atoms with Crippen LogP contribution in [0.25, 0.3) is 0 Å². The van der Waals surface area contributed by atoms with Crippen LogP contribution in [-0.4, -0.2) is 34.1 Å². The van der Waals surface area contributed by atoms with Crippen LogP contribution in [0.15, 0.2) is 0 Å². The number of hydrogen-bond acceptors (Lipinski definition) is 2. The van der Waals surface area contributed by atoms with Crippen molar-refractivity contribution in [3.05, 3.63) is 0 Å². The maximum atomic E-state index is 11.1. The number of aliphatic carboxylic acids is 1. The minimum Gasteiger partial charge on any atom is -0.481 e. The number of hydrogen-bond donors (Lipinski definition) is 1. The van der Waals surface area contributed by atoms with Crippen molar-refractivity contribution in [3.8, 4) is 0 Å². The SMILES string of the molecule is CC(C)N1CCCC(C(=O)O)C1(C)C. The third-order valence-electron chi connectivity index (χ3n) is 3.41. The summed E-state index contributed by atoms with van der Waals surface area (Å²) in [5.74, 6) is -0.876. The van der Waals surface area contributed by atoms with Crippen molar-refractivity contribution in [2.75, 3.05) is 6.54 Å². The summed E-state index contributed by atoms with van der Waals surface area (Å²) in [6, 6.07) is 0.423. The highest BCUT2D eigenvalue weighted by molar-refractivity contribution is 5.71. The smallest absolute Gasteiger partial charge is 0.308 e. The van der Waals surface area contributed by atoms with E-state index in [1.165, 1.54) is 0 Å². The van der Waals surface area contributed by atoms with Crippen molar-refractivity contribution < 1.29 is 9.90 Å². The molecule has 14 heavy (non-hydrogen) atoms. The predicted octanol–water partition coefficient (Wildman–Crippen LogP) is 1.97. The molecule has 0 amide bonds. The normalized spacial score (nSPS) is 27.9. The van der Waals surface area contributed by atoms with Crippen molar-refractivity contribution in [1.82, 2.24) is 4.90 Å². The second-order valence-corrected chi connectivity index (χ2v) is 4.97. The van der Waals surface area contributed by atoms with Crippen LogP contribution in [0.1, 0.15) is 40.5 Å². The fraction of sp³-hybridized carbons (Fsp3) is 0.909. The van der Waals surface area contributed by atoms with Gasteiger partial charge in [-0.15, -0.1) is 0 Å². The van der Waals surface area contributed by atoms with E-state index in [9.17, 15) is 4.79 Å². The molecular formula is C11H21NO2. The van der Waals surface area contributed by atoms with Gasteiger partial charge in [-0.25, -0.2) is 0 Å². The molecule has 0 spiro atoms. The standard InChI is InChI=1S/C11H21NO2/c1-8(2)12-7-5-6-9(10(13)14)11(12,3)4/h8-9H,5-7H2,1-4H3,(H,13,14). The summed E-state index contributed by atoms with van der Waals surface area (Å²) in [7, 11) is 0. The Morgan fingerprint density at radius 1 is 1.50 bits per heavy atom. The van der Waals surface area contributed by atoms with Crippen molar-refractivity contribution in [2.45, 2.75) is 52.1 Å². The van der Waals surface area contributed by atoms with Crippen LogP contribution in [0.5, 0.6) is 0 Å². The molecule has 1 atom stereocenters. The average molecular weight is 199 g/mol. The molecule has 0 aromatic rings. The van der Waals surface area contributed by atoms with Crippen molar-refractivity contribution in [1.29, 1.82) is 0 Å². The zero-order chi connectivity index (χ0) is 10.9. The molecule has 0 saturated carbocycles. The van der Waals surface area contributed by atoms with Crippen molar-refractivity contribution >= 4 is 5.97 Å². The Kier molecular flexibility index (Phi) is 3.20. The highest BCUT2D eigenvalue weighted by Gasteiger charge is 2.43. The molecule has 0 radical (unpaired) electrons. The summed E-state index contributed by atoms with van der Waals surface area (Å²) in [6.07, 6.45) is 1.81. The summed E-state index contributed by atoms with van der Waals surface area (Å²) >= 11 is 0. The van der Waals surface area contributed by atoms with Crippen molar-refractivity contribution in [3.63, 3.8) is 0 Å². The monoisotopic (exact) mass is 199 g/mol. The lowest BCUT2D eigenvalue weighted by atomic mass is 9.78. The number of nitrogens with zero attached hydrogens (tertiary/aromatic N) is 1. The van der Waals surface area contributed by atoms with E-state index in [1.807, 2.05) is 13.8 Å². The number of carbonyl (C=O) groups is 1. The summed E-state index contributed by atoms with van der Waals surface area (Å²) in [4.78, 5) is 13.4. The Balaban J connectivity index is 2.87. The Morgan fingerprint density at radius 2 is 2.07 bits per heavy atom. The largest absolute Gasteiger partial charge is 0.481 e. The molecule has 1 heterocycles. The average Bonchev–Trinajstić information content (AvgIpc) is 2.01. The Labute approximate surface area is 86.1 Å². The molecule has 82 valence electrons. The van der Waals surface area contributed by atoms with Crippen LogP contribution in [0.3, 0.4) is 0 Å². The zero-order valence-corrected chi connectivity index (χ0v) is 9.58. The first-order chi connectivity index (χ1) is 6.37. The Bertz CT molecular complexity index is 223. The first-order valence-corrected chi connectivity index (χ1v) is 5.37. The van der Waals surface area contributed by atoms with Gasteiger partial charge in [-0.3, -0.25) is 9.69 Å². The van der Waals surface area contributed by atoms with E-state index in [0.29, 0.717) is 6.04 Å². The number of carboxylic acids is 1. The molecule has 1 saturated heterocycles. The third-order valence-corrected chi connectivity index (χ3v) is 3.41. The molecule has 1 rings (SSSR count). The van der Waals surface area contributed by atoms with Gasteiger partial charge < -0.3 is 5.11 Å². The molecule has 1 fully saturated rings. The first kappa shape index (κ1) is 11.5. The summed E-state index contributed by atoms with van der Waals surface area (Å²) in [5.41, 5.74) is -0.210. The minimum absolute atomic E-state index is 0.210. The van der Waals surface area contributed by atoms with Crippen LogP contribution < -0.4 is 0 Å². The van der Waals surface area contributed by atoms with E-state index in [0.717, 1.165) is 19.4 Å². The highest BCUT2D eigenvalue weighted by Crippen LogP contribution is 2.34. The van der Waals surface area contributed by atoms with Crippen LogP contribution in [-0.2, 0) is 4.79 Å². The molecule has 0 aromatic carbocycles. The minimum atomic E-state index is -0.652. The van der Waals surface area contributed by atoms with E-state index in [-0.39, 0.29) is 11.5 Å². The Morgan fingerprint density at radius 3 is 2.50 bits per heavy atom. The molecule has 1 aliphatic heterocycles. The van der Waals surface area contributed by atoms with Gasteiger partial charge in [0.2, 0.25) is 0 Å². The second kappa shape index (κ2) is 3.89. The molecule has 0 bridgehead atoms. The Hall–Kier alpha value is -0.570. The fourth-order valence-corrected chi connectivity index (χ4v) is 2.66. The predicted molar refractivity (Wildman–Crippen MR) is 56.3 cm³/mol. The summed E-state index contributed by atoms with van der Waals surface area (Å²) in [5, 5.41) is 9.15. The van der Waals surface area contributed by atoms with Gasteiger partial charge in [0.25, 0.3) is 0 Å². The molecule has 3 nitrogen and oxygen atoms in total. The van der Waals surface area contributed by atoms with Gasteiger partial charge in [0.05, 0.1) is 5.92 Å². The lowest BCUT2D eigenvalue weighted by molar-refractivity contribution is -0.150. The van der Waals surface area contributed by atoms with E-state index in [4.69, 9.17) is 5.11 Å². The molecule has 3 heteroatoms. The second-order valence-electron chi connectivity index (χ2n) is 4.97. The van der Waals surface area contributed by atoms with Crippen LogP contribution in [0.2, 0.25) is 0 Å². The van der Waals surface area contributed by atoms with E-state index in [1.54, 1.807) is 0 Å². The molecule has 0 aromatic heterocycles. The topological polar surface area (TPSA) is 40.5 Å². The molecule has 1 unspecified atom stereocenters. The van der Waals surface area contributed by atoms with Gasteiger partial charge in [0, 0.05) is 11.6 Å². The van der Waals surface area contributed by atoms with Gasteiger partial charge in [0.1, 0.15) is 0 Å². The molecule has 1 N–H and O–H groups in total. The third kappa shape index (κ3) is 1.92. The number of carboxylic acid groups (broad SMARTS) is 1. The first-order valence-electron chi connectivity index (χ1n) is 5.37. The van der Waals surface area contributed by atoms with Crippen LogP contribution in [0.4, 0.5) is 0 Å². The van der Waals surface area contributed by atoms with Crippen LogP contribution in [0, 0.1) is 5.92 Å². The number of likely N-dealkylation sites (tertiary alicyclic amines) is 1. The molecule has 0 aliphatic carbocycles. The van der Waals surface area contributed by atoms with Gasteiger partial charge in [-0.2, -0.15) is 0 Å². The van der Waals surface area contributed by atoms with Gasteiger partial charge in [-0.1, -0.05) is 0 Å². The quantitative estimate of drug-likeness (QED) is 0.739. The number of piperidine rings is 1. The summed E-state index contributed by atoms with van der Waals surface area (Å²) in [6.45, 7) is 9.38. The lowest BCUT2D eigenvalue weighted by Gasteiger charge is -2.48. The molecule has 1 aliphatic rings. The molecular weight excluding hydrogens is 178 g/mol. The maximum absolute atomic E-state index is 11.1. The van der Waals surface area contributed by atoms with E-state index in [2.05, 4.69) is 18.7 Å². The summed E-state index contributed by atoms with van der Waals surface area (Å²) < 4.78 is 0. The zero-order valence-electron chi connectivity index (χ0n) is 9.58. The van der Waals surface area contributed by atoms with Gasteiger partial charge in [0.15, 0.2) is 0 Å². The maximum Gasteiger partial charge on any atom is 0.308 e. The highest BCUT2D eigenvalue weighted by atomic mass is 16.4. The number of rotatable bonds is 2.